The monoisotopic (exact) mass is 276 g/mol. The second kappa shape index (κ2) is 5.49. The maximum atomic E-state index is 10.8. The quantitative estimate of drug-likeness (QED) is 0.681. The molecular formula is C12H8N2O4S. The van der Waals surface area contributed by atoms with E-state index in [1.165, 1.54) is 42.2 Å². The van der Waals surface area contributed by atoms with E-state index >= 15 is 0 Å². The molecule has 0 atom stereocenters. The Hall–Kier alpha value is -2.41. The van der Waals surface area contributed by atoms with Gasteiger partial charge in [-0.15, -0.1) is 0 Å². The van der Waals surface area contributed by atoms with Crippen LogP contribution in [0.3, 0.4) is 0 Å². The summed E-state index contributed by atoms with van der Waals surface area (Å²) in [6.07, 6.45) is 1.41. The number of aromatic carboxylic acids is 1. The molecule has 1 N–H and O–H groups in total. The highest BCUT2D eigenvalue weighted by Crippen LogP contribution is 2.27. The van der Waals surface area contributed by atoms with Crippen LogP contribution in [-0.4, -0.2) is 21.0 Å². The number of carboxylic acids is 1. The van der Waals surface area contributed by atoms with Crippen LogP contribution in [0.1, 0.15) is 10.4 Å². The van der Waals surface area contributed by atoms with Crippen molar-refractivity contribution in [3.05, 3.63) is 58.3 Å². The lowest BCUT2D eigenvalue weighted by Crippen LogP contribution is -1.96. The number of aromatic nitrogens is 1. The molecule has 2 aromatic rings. The SMILES string of the molecule is O=C(O)c1ccnc(Sc2ccc([N+](=O)[O-])cc2)c1. The molecule has 6 nitrogen and oxygen atoms in total. The second-order valence-corrected chi connectivity index (χ2v) is 4.63. The lowest BCUT2D eigenvalue weighted by molar-refractivity contribution is -0.384. The fourth-order valence-corrected chi connectivity index (χ4v) is 2.17. The van der Waals surface area contributed by atoms with Gasteiger partial charge < -0.3 is 5.11 Å². The van der Waals surface area contributed by atoms with E-state index in [0.29, 0.717) is 5.03 Å². The Morgan fingerprint density at radius 2 is 1.95 bits per heavy atom. The first-order chi connectivity index (χ1) is 9.06. The number of nitro benzene ring substituents is 1. The zero-order chi connectivity index (χ0) is 13.8. The topological polar surface area (TPSA) is 93.3 Å². The average Bonchev–Trinajstić information content (AvgIpc) is 2.39. The minimum Gasteiger partial charge on any atom is -0.478 e. The molecule has 7 heteroatoms. The van der Waals surface area contributed by atoms with E-state index in [-0.39, 0.29) is 11.3 Å². The van der Waals surface area contributed by atoms with E-state index < -0.39 is 10.9 Å². The number of benzene rings is 1. The molecule has 0 amide bonds. The van der Waals surface area contributed by atoms with Crippen LogP contribution < -0.4 is 0 Å². The Bertz CT molecular complexity index is 628. The van der Waals surface area contributed by atoms with Crippen LogP contribution in [-0.2, 0) is 0 Å². The molecule has 0 unspecified atom stereocenters. The molecule has 0 aliphatic rings. The second-order valence-electron chi connectivity index (χ2n) is 3.54. The predicted molar refractivity (Wildman–Crippen MR) is 68.4 cm³/mol. The van der Waals surface area contributed by atoms with Gasteiger partial charge in [0.2, 0.25) is 0 Å². The maximum absolute atomic E-state index is 10.8. The summed E-state index contributed by atoms with van der Waals surface area (Å²) in [6, 6.07) is 8.83. The van der Waals surface area contributed by atoms with Gasteiger partial charge in [-0.3, -0.25) is 10.1 Å². The van der Waals surface area contributed by atoms with Gasteiger partial charge in [0, 0.05) is 23.2 Å². The number of non-ortho nitro benzene ring substituents is 1. The third-order valence-electron chi connectivity index (χ3n) is 2.25. The zero-order valence-electron chi connectivity index (χ0n) is 9.52. The van der Waals surface area contributed by atoms with Gasteiger partial charge in [0.15, 0.2) is 0 Å². The van der Waals surface area contributed by atoms with Crippen molar-refractivity contribution in [2.45, 2.75) is 9.92 Å². The van der Waals surface area contributed by atoms with Gasteiger partial charge in [0.05, 0.1) is 10.5 Å². The van der Waals surface area contributed by atoms with Gasteiger partial charge in [-0.05, 0) is 24.3 Å². The van der Waals surface area contributed by atoms with Crippen molar-refractivity contribution in [1.82, 2.24) is 4.98 Å². The van der Waals surface area contributed by atoms with E-state index in [0.717, 1.165) is 4.90 Å². The number of pyridine rings is 1. The molecule has 0 bridgehead atoms. The molecule has 1 aromatic heterocycles. The maximum Gasteiger partial charge on any atom is 0.335 e. The Morgan fingerprint density at radius 1 is 1.26 bits per heavy atom. The smallest absolute Gasteiger partial charge is 0.335 e. The molecule has 96 valence electrons. The van der Waals surface area contributed by atoms with Gasteiger partial charge in [-0.25, -0.2) is 9.78 Å². The minimum absolute atomic E-state index is 0.0107. The van der Waals surface area contributed by atoms with Crippen molar-refractivity contribution in [2.24, 2.45) is 0 Å². The Balaban J connectivity index is 2.19. The zero-order valence-corrected chi connectivity index (χ0v) is 10.3. The lowest BCUT2D eigenvalue weighted by atomic mass is 10.3. The van der Waals surface area contributed by atoms with Crippen molar-refractivity contribution in [3.63, 3.8) is 0 Å². The van der Waals surface area contributed by atoms with E-state index in [9.17, 15) is 14.9 Å². The van der Waals surface area contributed by atoms with E-state index in [4.69, 9.17) is 5.11 Å². The number of hydrogen-bond acceptors (Lipinski definition) is 5. The van der Waals surface area contributed by atoms with Crippen molar-refractivity contribution in [2.75, 3.05) is 0 Å². The summed E-state index contributed by atoms with van der Waals surface area (Å²) >= 11 is 1.24. The lowest BCUT2D eigenvalue weighted by Gasteiger charge is -2.01. The number of nitro groups is 1. The van der Waals surface area contributed by atoms with E-state index in [1.54, 1.807) is 12.1 Å². The standard InChI is InChI=1S/C12H8N2O4S/c15-12(16)8-5-6-13-11(7-8)19-10-3-1-9(2-4-10)14(17)18/h1-7H,(H,15,16). The molecule has 2 rings (SSSR count). The highest BCUT2D eigenvalue weighted by Gasteiger charge is 2.07. The summed E-state index contributed by atoms with van der Waals surface area (Å²) in [7, 11) is 0. The van der Waals surface area contributed by atoms with Crippen LogP contribution >= 0.6 is 11.8 Å². The van der Waals surface area contributed by atoms with Gasteiger partial charge in [0.25, 0.3) is 5.69 Å². The number of nitrogens with zero attached hydrogens (tertiary/aromatic N) is 2. The van der Waals surface area contributed by atoms with Crippen LogP contribution in [0.15, 0.2) is 52.5 Å². The summed E-state index contributed by atoms with van der Waals surface area (Å²) < 4.78 is 0. The van der Waals surface area contributed by atoms with Crippen molar-refractivity contribution in [1.29, 1.82) is 0 Å². The highest BCUT2D eigenvalue weighted by atomic mass is 32.2. The van der Waals surface area contributed by atoms with E-state index in [2.05, 4.69) is 4.98 Å². The first kappa shape index (κ1) is 13.0. The highest BCUT2D eigenvalue weighted by molar-refractivity contribution is 7.99. The van der Waals surface area contributed by atoms with Crippen LogP contribution in [0, 0.1) is 10.1 Å². The number of hydrogen-bond donors (Lipinski definition) is 1. The molecule has 0 saturated carbocycles. The fraction of sp³-hybridized carbons (Fsp3) is 0. The normalized spacial score (nSPS) is 10.1. The van der Waals surface area contributed by atoms with Crippen molar-refractivity contribution >= 4 is 23.4 Å². The summed E-state index contributed by atoms with van der Waals surface area (Å²) in [4.78, 5) is 25.6. The van der Waals surface area contributed by atoms with Crippen LogP contribution in [0.4, 0.5) is 5.69 Å². The van der Waals surface area contributed by atoms with Gasteiger partial charge in [0.1, 0.15) is 5.03 Å². The molecule has 1 aromatic carbocycles. The molecular weight excluding hydrogens is 268 g/mol. The Labute approximate surface area is 112 Å². The van der Waals surface area contributed by atoms with Crippen LogP contribution in [0.25, 0.3) is 0 Å². The van der Waals surface area contributed by atoms with Crippen molar-refractivity contribution < 1.29 is 14.8 Å². The number of rotatable bonds is 4. The summed E-state index contributed by atoms with van der Waals surface area (Å²) in [6.45, 7) is 0. The largest absolute Gasteiger partial charge is 0.478 e. The first-order valence-corrected chi connectivity index (χ1v) is 5.99. The molecule has 1 heterocycles. The van der Waals surface area contributed by atoms with Crippen LogP contribution in [0.5, 0.6) is 0 Å². The number of carbonyl (C=O) groups is 1. The molecule has 0 fully saturated rings. The molecule has 0 aliphatic carbocycles. The summed E-state index contributed by atoms with van der Waals surface area (Å²) in [5, 5.41) is 19.9. The molecule has 0 radical (unpaired) electrons. The molecule has 0 spiro atoms. The third-order valence-corrected chi connectivity index (χ3v) is 3.19. The summed E-state index contributed by atoms with van der Waals surface area (Å²) in [5.74, 6) is -1.02. The molecule has 0 saturated heterocycles. The third kappa shape index (κ3) is 3.29. The van der Waals surface area contributed by atoms with Gasteiger partial charge >= 0.3 is 5.97 Å². The predicted octanol–water partition coefficient (Wildman–Crippen LogP) is 2.84. The first-order valence-electron chi connectivity index (χ1n) is 5.18. The van der Waals surface area contributed by atoms with Gasteiger partial charge in [-0.2, -0.15) is 0 Å². The van der Waals surface area contributed by atoms with Crippen molar-refractivity contribution in [3.8, 4) is 0 Å². The minimum atomic E-state index is -1.02. The number of carboxylic acid groups (broad SMARTS) is 1. The van der Waals surface area contributed by atoms with Crippen LogP contribution in [0.2, 0.25) is 0 Å². The molecule has 0 aliphatic heterocycles. The Kier molecular flexibility index (Phi) is 3.76. The van der Waals surface area contributed by atoms with E-state index in [1.807, 2.05) is 0 Å². The average molecular weight is 276 g/mol. The van der Waals surface area contributed by atoms with Gasteiger partial charge in [-0.1, -0.05) is 11.8 Å². The Morgan fingerprint density at radius 3 is 2.53 bits per heavy atom. The summed E-state index contributed by atoms with van der Waals surface area (Å²) in [5.41, 5.74) is 0.163. The fourth-order valence-electron chi connectivity index (χ4n) is 1.35. The molecule has 19 heavy (non-hydrogen) atoms.